The molecule has 0 radical (unpaired) electrons. The maximum absolute atomic E-state index is 5.51. The normalized spacial score (nSPS) is 9.43. The molecule has 0 aromatic heterocycles. The number of alkyl halides is 2. The Morgan fingerprint density at radius 1 is 0.571 bits per heavy atom. The van der Waals surface area contributed by atoms with E-state index in [-0.39, 0.29) is 0 Å². The Kier molecular flexibility index (Phi) is 23.3. The van der Waals surface area contributed by atoms with E-state index in [0.29, 0.717) is 0 Å². The van der Waals surface area contributed by atoms with Crippen molar-refractivity contribution in [2.24, 2.45) is 0 Å². The first-order chi connectivity index (χ1) is 6.83. The van der Waals surface area contributed by atoms with Crippen LogP contribution in [0.15, 0.2) is 0 Å². The van der Waals surface area contributed by atoms with Crippen molar-refractivity contribution in [2.75, 3.05) is 11.8 Å². The summed E-state index contributed by atoms with van der Waals surface area (Å²) >= 11 is 10.8. The SMILES string of the molecule is CCCCCCCCCl.CCCCCl. The summed E-state index contributed by atoms with van der Waals surface area (Å²) in [5, 5.41) is 0. The van der Waals surface area contributed by atoms with Gasteiger partial charge >= 0.3 is 0 Å². The molecule has 0 rings (SSSR count). The highest BCUT2D eigenvalue weighted by Crippen LogP contribution is 2.04. The van der Waals surface area contributed by atoms with Crippen LogP contribution in [0.2, 0.25) is 0 Å². The second-order valence-corrected chi connectivity index (χ2v) is 4.26. The summed E-state index contributed by atoms with van der Waals surface area (Å²) in [5.41, 5.74) is 0. The molecule has 14 heavy (non-hydrogen) atoms. The van der Waals surface area contributed by atoms with Crippen LogP contribution in [0.25, 0.3) is 0 Å². The van der Waals surface area contributed by atoms with Gasteiger partial charge in [0.1, 0.15) is 0 Å². The molecule has 0 aromatic rings. The Hall–Kier alpha value is 0.580. The molecule has 0 aliphatic carbocycles. The van der Waals surface area contributed by atoms with E-state index in [1.807, 2.05) is 0 Å². The maximum Gasteiger partial charge on any atom is 0.0223 e. The van der Waals surface area contributed by atoms with Gasteiger partial charge < -0.3 is 0 Å². The van der Waals surface area contributed by atoms with Gasteiger partial charge in [-0.3, -0.25) is 0 Å². The van der Waals surface area contributed by atoms with Crippen molar-refractivity contribution in [3.8, 4) is 0 Å². The third-order valence-electron chi connectivity index (χ3n) is 1.97. The first-order valence-electron chi connectivity index (χ1n) is 5.95. The van der Waals surface area contributed by atoms with Crippen LogP contribution in [0, 0.1) is 0 Å². The fourth-order valence-electron chi connectivity index (χ4n) is 1.01. The lowest BCUT2D eigenvalue weighted by atomic mass is 10.1. The van der Waals surface area contributed by atoms with E-state index in [9.17, 15) is 0 Å². The molecular weight excluding hydrogens is 215 g/mol. The molecule has 0 heterocycles. The second-order valence-electron chi connectivity index (χ2n) is 3.50. The Morgan fingerprint density at radius 2 is 1.00 bits per heavy atom. The summed E-state index contributed by atoms with van der Waals surface area (Å²) < 4.78 is 0. The van der Waals surface area contributed by atoms with E-state index in [0.717, 1.165) is 18.2 Å². The van der Waals surface area contributed by atoms with Crippen molar-refractivity contribution in [3.63, 3.8) is 0 Å². The average Bonchev–Trinajstić information content (AvgIpc) is 2.20. The van der Waals surface area contributed by atoms with Gasteiger partial charge in [-0.15, -0.1) is 23.2 Å². The zero-order valence-corrected chi connectivity index (χ0v) is 11.3. The summed E-state index contributed by atoms with van der Waals surface area (Å²) in [5.74, 6) is 1.66. The molecule has 0 saturated heterocycles. The van der Waals surface area contributed by atoms with Crippen molar-refractivity contribution < 1.29 is 0 Å². The quantitative estimate of drug-likeness (QED) is 0.382. The highest BCUT2D eigenvalue weighted by molar-refractivity contribution is 6.18. The van der Waals surface area contributed by atoms with Crippen LogP contribution in [0.5, 0.6) is 0 Å². The minimum absolute atomic E-state index is 0.816. The molecule has 0 aromatic carbocycles. The maximum atomic E-state index is 5.51. The second kappa shape index (κ2) is 19.2. The molecule has 0 amide bonds. The predicted molar refractivity (Wildman–Crippen MR) is 69.7 cm³/mol. The molecule has 0 atom stereocenters. The smallest absolute Gasteiger partial charge is 0.0223 e. The highest BCUT2D eigenvalue weighted by atomic mass is 35.5. The van der Waals surface area contributed by atoms with E-state index in [2.05, 4.69) is 13.8 Å². The molecule has 0 saturated carbocycles. The molecule has 0 spiro atoms. The number of hydrogen-bond acceptors (Lipinski definition) is 0. The summed E-state index contributed by atoms with van der Waals surface area (Å²) in [6.45, 7) is 4.37. The predicted octanol–water partition coefficient (Wildman–Crippen LogP) is 5.61. The molecule has 0 N–H and O–H groups in total. The van der Waals surface area contributed by atoms with Gasteiger partial charge in [-0.1, -0.05) is 52.4 Å². The Morgan fingerprint density at radius 3 is 1.36 bits per heavy atom. The number of unbranched alkanes of at least 4 members (excludes halogenated alkanes) is 6. The van der Waals surface area contributed by atoms with Crippen LogP contribution in [0.4, 0.5) is 0 Å². The van der Waals surface area contributed by atoms with Gasteiger partial charge in [0.05, 0.1) is 0 Å². The Bertz CT molecular complexity index is 66.7. The minimum Gasteiger partial charge on any atom is -0.127 e. The molecule has 0 fully saturated rings. The zero-order chi connectivity index (χ0) is 11.1. The molecule has 0 aliphatic rings. The fraction of sp³-hybridized carbons (Fsp3) is 1.00. The molecular formula is C12H26Cl2. The van der Waals surface area contributed by atoms with Gasteiger partial charge in [0.15, 0.2) is 0 Å². The van der Waals surface area contributed by atoms with Gasteiger partial charge in [0.2, 0.25) is 0 Å². The van der Waals surface area contributed by atoms with E-state index in [4.69, 9.17) is 23.2 Å². The average molecular weight is 241 g/mol. The van der Waals surface area contributed by atoms with E-state index < -0.39 is 0 Å². The van der Waals surface area contributed by atoms with Crippen LogP contribution in [-0.4, -0.2) is 11.8 Å². The molecule has 88 valence electrons. The summed E-state index contributed by atoms with van der Waals surface area (Å²) in [4.78, 5) is 0. The van der Waals surface area contributed by atoms with E-state index >= 15 is 0 Å². The summed E-state index contributed by atoms with van der Waals surface area (Å²) in [6.07, 6.45) is 10.4. The lowest BCUT2D eigenvalue weighted by molar-refractivity contribution is 0.626. The van der Waals surface area contributed by atoms with Crippen molar-refractivity contribution in [3.05, 3.63) is 0 Å². The monoisotopic (exact) mass is 240 g/mol. The van der Waals surface area contributed by atoms with Crippen LogP contribution in [0.1, 0.15) is 65.2 Å². The molecule has 0 bridgehead atoms. The van der Waals surface area contributed by atoms with Gasteiger partial charge in [0.25, 0.3) is 0 Å². The third kappa shape index (κ3) is 22.9. The molecule has 2 heteroatoms. The molecule has 0 aliphatic heterocycles. The number of rotatable bonds is 8. The standard InChI is InChI=1S/C8H17Cl.C4H9Cl/c1-2-3-4-5-6-7-8-9;1-2-3-4-5/h2-8H2,1H3;2-4H2,1H3. The number of halogens is 2. The summed E-state index contributed by atoms with van der Waals surface area (Å²) in [7, 11) is 0. The Balaban J connectivity index is 0. The van der Waals surface area contributed by atoms with Gasteiger partial charge in [0, 0.05) is 11.8 Å². The first-order valence-corrected chi connectivity index (χ1v) is 7.02. The Labute approximate surface area is 100 Å². The largest absolute Gasteiger partial charge is 0.127 e. The third-order valence-corrected chi connectivity index (χ3v) is 2.51. The van der Waals surface area contributed by atoms with Crippen molar-refractivity contribution in [1.82, 2.24) is 0 Å². The molecule has 0 unspecified atom stereocenters. The van der Waals surface area contributed by atoms with Gasteiger partial charge in [-0.2, -0.15) is 0 Å². The fourth-order valence-corrected chi connectivity index (χ4v) is 1.46. The lowest BCUT2D eigenvalue weighted by Gasteiger charge is -1.95. The van der Waals surface area contributed by atoms with Crippen LogP contribution in [0.3, 0.4) is 0 Å². The van der Waals surface area contributed by atoms with Gasteiger partial charge in [-0.25, -0.2) is 0 Å². The van der Waals surface area contributed by atoms with Crippen LogP contribution >= 0.6 is 23.2 Å². The van der Waals surface area contributed by atoms with E-state index in [1.165, 1.54) is 44.9 Å². The topological polar surface area (TPSA) is 0 Å². The van der Waals surface area contributed by atoms with Crippen molar-refractivity contribution >= 4 is 23.2 Å². The summed E-state index contributed by atoms with van der Waals surface area (Å²) in [6, 6.07) is 0. The van der Waals surface area contributed by atoms with Crippen molar-refractivity contribution in [1.29, 1.82) is 0 Å². The first kappa shape index (κ1) is 17.0. The number of hydrogen-bond donors (Lipinski definition) is 0. The van der Waals surface area contributed by atoms with E-state index in [1.54, 1.807) is 0 Å². The minimum atomic E-state index is 0.816. The zero-order valence-electron chi connectivity index (χ0n) is 9.83. The van der Waals surface area contributed by atoms with Crippen LogP contribution in [-0.2, 0) is 0 Å². The van der Waals surface area contributed by atoms with Crippen molar-refractivity contribution in [2.45, 2.75) is 65.2 Å². The lowest BCUT2D eigenvalue weighted by Crippen LogP contribution is -1.78. The van der Waals surface area contributed by atoms with Gasteiger partial charge in [-0.05, 0) is 12.8 Å². The van der Waals surface area contributed by atoms with Crippen LogP contribution < -0.4 is 0 Å². The highest BCUT2D eigenvalue weighted by Gasteiger charge is 1.86. The molecule has 0 nitrogen and oxygen atoms in total.